The van der Waals surface area contributed by atoms with Gasteiger partial charge in [0.05, 0.1) is 17.5 Å². The van der Waals surface area contributed by atoms with Crippen molar-refractivity contribution in [2.75, 3.05) is 4.90 Å². The van der Waals surface area contributed by atoms with E-state index in [4.69, 9.17) is 9.73 Å². The van der Waals surface area contributed by atoms with E-state index in [0.29, 0.717) is 17.9 Å². The summed E-state index contributed by atoms with van der Waals surface area (Å²) in [5, 5.41) is 7.65. The topological polar surface area (TPSA) is 48.9 Å². The van der Waals surface area contributed by atoms with Crippen molar-refractivity contribution >= 4 is 22.7 Å². The van der Waals surface area contributed by atoms with Gasteiger partial charge < -0.3 is 15.0 Å². The lowest BCUT2D eigenvalue weighted by molar-refractivity contribution is 0.235. The summed E-state index contributed by atoms with van der Waals surface area (Å²) in [6, 6.07) is 35.0. The Morgan fingerprint density at radius 3 is 2.49 bits per heavy atom. The number of fused-ring (bicyclic) bond motifs is 15. The number of allylic oxidation sites excluding steroid dienone is 13. The number of para-hydroxylation sites is 2. The molecule has 0 amide bonds. The predicted molar refractivity (Wildman–Crippen MR) is 255 cm³/mol. The molecule has 4 aromatic carbocycles. The maximum Gasteiger partial charge on any atom is 0.137 e. The van der Waals surface area contributed by atoms with Crippen LogP contribution in [0.3, 0.4) is 0 Å². The van der Waals surface area contributed by atoms with Crippen LogP contribution in [0.2, 0.25) is 0 Å². The number of hydrogen-bond donors (Lipinski definition) is 2. The molecule has 1 spiro atoms. The van der Waals surface area contributed by atoms with E-state index in [0.717, 1.165) is 73.2 Å². The lowest BCUT2D eigenvalue weighted by Gasteiger charge is -2.56. The quantitative estimate of drug-likeness (QED) is 0.201. The highest BCUT2D eigenvalue weighted by molar-refractivity contribution is 6.00. The highest BCUT2D eigenvalue weighted by Gasteiger charge is 2.63. The summed E-state index contributed by atoms with van der Waals surface area (Å²) in [7, 11) is 0. The van der Waals surface area contributed by atoms with Crippen LogP contribution in [-0.2, 0) is 5.41 Å². The minimum Gasteiger partial charge on any atom is -0.483 e. The number of aliphatic imine (C=N–C) groups is 1. The monoisotopic (exact) mass is 818 g/mol. The number of rotatable bonds is 4. The molecular weight excluding hydrogens is 769 g/mol. The van der Waals surface area contributed by atoms with E-state index >= 15 is 0 Å². The van der Waals surface area contributed by atoms with E-state index in [1.807, 2.05) is 0 Å². The summed E-state index contributed by atoms with van der Waals surface area (Å²) in [4.78, 5) is 8.09. The van der Waals surface area contributed by atoms with Gasteiger partial charge in [-0.25, -0.2) is 4.99 Å². The van der Waals surface area contributed by atoms with Gasteiger partial charge in [-0.3, -0.25) is 5.32 Å². The molecule has 0 saturated carbocycles. The third kappa shape index (κ3) is 5.06. The van der Waals surface area contributed by atoms with Gasteiger partial charge in [-0.15, -0.1) is 0 Å². The van der Waals surface area contributed by atoms with E-state index in [1.54, 1.807) is 11.1 Å². The molecule has 4 aliphatic heterocycles. The summed E-state index contributed by atoms with van der Waals surface area (Å²) < 4.78 is 7.47. The highest BCUT2D eigenvalue weighted by atomic mass is 16.5. The van der Waals surface area contributed by atoms with Crippen molar-refractivity contribution in [2.45, 2.75) is 80.8 Å². The largest absolute Gasteiger partial charge is 0.483 e. The van der Waals surface area contributed by atoms with Gasteiger partial charge >= 0.3 is 0 Å². The molecule has 8 atom stereocenters. The van der Waals surface area contributed by atoms with Crippen LogP contribution in [0.1, 0.15) is 84.8 Å². The summed E-state index contributed by atoms with van der Waals surface area (Å²) >= 11 is 0. The fraction of sp³-hybridized carbons (Fsp3) is 0.259. The number of nitrogens with zero attached hydrogens (tertiary/aromatic N) is 2. The van der Waals surface area contributed by atoms with Crippen molar-refractivity contribution in [3.63, 3.8) is 0 Å². The Labute approximate surface area is 370 Å². The van der Waals surface area contributed by atoms with Crippen molar-refractivity contribution in [1.82, 2.24) is 10.6 Å². The van der Waals surface area contributed by atoms with Crippen molar-refractivity contribution in [2.24, 2.45) is 16.8 Å². The molecule has 0 radical (unpaired) electrons. The van der Waals surface area contributed by atoms with Crippen LogP contribution in [0.5, 0.6) is 5.75 Å². The van der Waals surface area contributed by atoms with E-state index in [1.165, 1.54) is 50.4 Å². The first-order valence-electron chi connectivity index (χ1n) is 23.5. The summed E-state index contributed by atoms with van der Waals surface area (Å²) in [6.45, 7) is 0. The molecule has 10 aliphatic rings. The van der Waals surface area contributed by atoms with Crippen LogP contribution in [0.15, 0.2) is 191 Å². The Morgan fingerprint density at radius 1 is 0.730 bits per heavy atom. The minimum absolute atomic E-state index is 0.0859. The minimum atomic E-state index is -0.225. The van der Waals surface area contributed by atoms with Crippen molar-refractivity contribution in [3.8, 4) is 16.9 Å². The van der Waals surface area contributed by atoms with Crippen LogP contribution in [0.4, 0.5) is 5.69 Å². The predicted octanol–water partition coefficient (Wildman–Crippen LogP) is 12.1. The van der Waals surface area contributed by atoms with Crippen molar-refractivity contribution in [1.29, 1.82) is 0 Å². The van der Waals surface area contributed by atoms with Crippen molar-refractivity contribution in [3.05, 3.63) is 214 Å². The zero-order valence-corrected chi connectivity index (χ0v) is 35.4. The van der Waals surface area contributed by atoms with Crippen molar-refractivity contribution < 1.29 is 4.74 Å². The van der Waals surface area contributed by atoms with E-state index in [-0.39, 0.29) is 29.8 Å². The normalized spacial score (nSPS) is 31.0. The standard InChI is InChI=1S/C58H50N4O/c1-3-16-36(17-4-1)55-59-56(37-18-5-2-6-19-37)61-57(60-55)38-32-30-35(31-33-38)39-23-15-24-42-44-34-48-52-51(54(44)63-53(39)42)43-22-9-13-28-49(43)62(52)50-29-14-12-27-47(50)58(48)45-25-10-7-20-40(45)41-21-8-11-26-46(41)58/h1-5,7,9-16,18,20,22-26,28,30-34,36,47,50-51,54-55,57,60H,6,8,17,19,21,27,29H2,(H,59,61). The molecule has 5 heteroatoms. The number of benzene rings is 4. The van der Waals surface area contributed by atoms with Crippen LogP contribution < -0.4 is 20.3 Å². The van der Waals surface area contributed by atoms with Crippen LogP contribution in [-0.4, -0.2) is 24.1 Å². The fourth-order valence-corrected chi connectivity index (χ4v) is 13.4. The number of hydrogen-bond acceptors (Lipinski definition) is 5. The molecule has 308 valence electrons. The Kier molecular flexibility index (Phi) is 7.90. The first-order chi connectivity index (χ1) is 31.3. The van der Waals surface area contributed by atoms with Gasteiger partial charge in [0.15, 0.2) is 0 Å². The molecule has 5 nitrogen and oxygen atoms in total. The van der Waals surface area contributed by atoms with Gasteiger partial charge in [-0.2, -0.15) is 0 Å². The Hall–Kier alpha value is -6.43. The van der Waals surface area contributed by atoms with Gasteiger partial charge in [0, 0.05) is 46.0 Å². The molecule has 8 unspecified atom stereocenters. The molecule has 0 fully saturated rings. The molecule has 14 rings (SSSR count). The Morgan fingerprint density at radius 2 is 1.59 bits per heavy atom. The van der Waals surface area contributed by atoms with Gasteiger partial charge in [0.25, 0.3) is 0 Å². The average Bonchev–Trinajstić information content (AvgIpc) is 4.01. The van der Waals surface area contributed by atoms with E-state index < -0.39 is 0 Å². The number of anilines is 1. The Bertz CT molecular complexity index is 2970. The molecule has 0 bridgehead atoms. The van der Waals surface area contributed by atoms with Gasteiger partial charge in [0.1, 0.15) is 23.9 Å². The van der Waals surface area contributed by atoms with Gasteiger partial charge in [0.2, 0.25) is 0 Å². The second-order valence-electron chi connectivity index (χ2n) is 19.0. The third-order valence-corrected chi connectivity index (χ3v) is 16.0. The smallest absolute Gasteiger partial charge is 0.137 e. The van der Waals surface area contributed by atoms with E-state index in [9.17, 15) is 0 Å². The van der Waals surface area contributed by atoms with E-state index in [2.05, 4.69) is 179 Å². The fourth-order valence-electron chi connectivity index (χ4n) is 13.4. The zero-order valence-electron chi connectivity index (χ0n) is 35.4. The Balaban J connectivity index is 0.889. The van der Waals surface area contributed by atoms with Gasteiger partial charge in [-0.05, 0) is 107 Å². The maximum atomic E-state index is 7.47. The zero-order chi connectivity index (χ0) is 41.2. The second-order valence-corrected chi connectivity index (χ2v) is 19.0. The second kappa shape index (κ2) is 13.8. The van der Waals surface area contributed by atoms with Crippen LogP contribution in [0.25, 0.3) is 22.3 Å². The molecule has 4 aromatic rings. The van der Waals surface area contributed by atoms with Crippen LogP contribution in [0, 0.1) is 11.8 Å². The maximum absolute atomic E-state index is 7.47. The SMILES string of the molecule is C1=CCCC(C2=NC(c3ccc(-c4cccc5c4OC4C5=CC5=C6C4c4ccccc4N6C4CC=CCC4C54C5=C(CCC=C5)c5ccccc54)cc3)NC(C3C=CC=CC3)N2)=C1. The average molecular weight is 819 g/mol. The first kappa shape index (κ1) is 36.1. The molecular formula is C58H50N4O. The summed E-state index contributed by atoms with van der Waals surface area (Å²) in [5.41, 5.74) is 18.9. The number of nitrogens with one attached hydrogen (secondary N) is 2. The first-order valence-corrected chi connectivity index (χ1v) is 23.5. The summed E-state index contributed by atoms with van der Waals surface area (Å²) in [5.74, 6) is 2.87. The molecule has 0 aromatic heterocycles. The summed E-state index contributed by atoms with van der Waals surface area (Å²) in [6.07, 6.45) is 35.3. The lowest BCUT2D eigenvalue weighted by atomic mass is 9.54. The highest BCUT2D eigenvalue weighted by Crippen LogP contribution is 2.69. The molecule has 2 N–H and O–H groups in total. The molecule has 63 heavy (non-hydrogen) atoms. The third-order valence-electron chi connectivity index (χ3n) is 16.0. The number of amidine groups is 1. The molecule has 6 aliphatic carbocycles. The molecule has 4 heterocycles. The van der Waals surface area contributed by atoms with Gasteiger partial charge in [-0.1, -0.05) is 152 Å². The molecule has 0 saturated heterocycles. The lowest BCUT2D eigenvalue weighted by Crippen LogP contribution is -2.56. The van der Waals surface area contributed by atoms with Crippen LogP contribution >= 0.6 is 0 Å². The number of ether oxygens (including phenoxy) is 1.